The van der Waals surface area contributed by atoms with Crippen molar-refractivity contribution in [2.75, 3.05) is 11.6 Å². The normalized spacial score (nSPS) is 12.4. The minimum atomic E-state index is -4.45. The molecule has 2 aromatic carbocycles. The number of thioether (sulfide) groups is 1. The van der Waals surface area contributed by atoms with Crippen molar-refractivity contribution in [3.8, 4) is 11.6 Å². The molecular weight excluding hydrogens is 461 g/mol. The van der Waals surface area contributed by atoms with E-state index in [2.05, 4.69) is 31.1 Å². The number of allylic oxidation sites excluding steroid dienone is 1. The van der Waals surface area contributed by atoms with Crippen molar-refractivity contribution in [1.29, 1.82) is 0 Å². The average Bonchev–Trinajstić information content (AvgIpc) is 2.79. The largest absolute Gasteiger partial charge is 0.437 e. The summed E-state index contributed by atoms with van der Waals surface area (Å²) < 4.78 is 44.5. The molecule has 0 unspecified atom stereocenters. The first-order valence-electron chi connectivity index (χ1n) is 10.5. The van der Waals surface area contributed by atoms with Crippen molar-refractivity contribution in [2.45, 2.75) is 32.4 Å². The van der Waals surface area contributed by atoms with Crippen LogP contribution < -0.4 is 10.1 Å². The highest BCUT2D eigenvalue weighted by Crippen LogP contribution is 2.36. The van der Waals surface area contributed by atoms with E-state index < -0.39 is 17.5 Å². The molecule has 34 heavy (non-hydrogen) atoms. The third-order valence-electron chi connectivity index (χ3n) is 4.91. The first-order chi connectivity index (χ1) is 16.0. The van der Waals surface area contributed by atoms with Crippen LogP contribution >= 0.6 is 11.8 Å². The summed E-state index contributed by atoms with van der Waals surface area (Å²) in [5.41, 5.74) is 0.779. The third-order valence-corrected chi connectivity index (χ3v) is 5.57. The molecule has 0 aliphatic heterocycles. The minimum Gasteiger partial charge on any atom is -0.437 e. The lowest BCUT2D eigenvalue weighted by Gasteiger charge is -2.23. The number of hydrogen-bond acceptors (Lipinski definition) is 5. The van der Waals surface area contributed by atoms with E-state index in [4.69, 9.17) is 4.74 Å². The van der Waals surface area contributed by atoms with Gasteiger partial charge in [-0.25, -0.2) is 4.98 Å². The van der Waals surface area contributed by atoms with Crippen LogP contribution in [-0.4, -0.2) is 17.0 Å². The number of nitrogens with one attached hydrogen (secondary N) is 1. The summed E-state index contributed by atoms with van der Waals surface area (Å²) in [5.74, 6) is 0.586. The molecule has 0 saturated heterocycles. The van der Waals surface area contributed by atoms with Gasteiger partial charge in [-0.15, -0.1) is 11.8 Å². The average molecular weight is 487 g/mol. The Balaban J connectivity index is 1.84. The van der Waals surface area contributed by atoms with Gasteiger partial charge in [-0.3, -0.25) is 4.79 Å². The van der Waals surface area contributed by atoms with E-state index in [1.807, 2.05) is 24.3 Å². The van der Waals surface area contributed by atoms with Gasteiger partial charge in [-0.1, -0.05) is 51.1 Å². The van der Waals surface area contributed by atoms with Gasteiger partial charge in [-0.2, -0.15) is 13.2 Å². The van der Waals surface area contributed by atoms with Gasteiger partial charge in [0.05, 0.1) is 10.6 Å². The molecule has 4 nitrogen and oxygen atoms in total. The zero-order valence-electron chi connectivity index (χ0n) is 19.2. The van der Waals surface area contributed by atoms with E-state index in [0.717, 1.165) is 17.7 Å². The molecular formula is C26H25F3N2O2S. The van der Waals surface area contributed by atoms with Crippen LogP contribution in [0.5, 0.6) is 11.6 Å². The van der Waals surface area contributed by atoms with E-state index in [1.54, 1.807) is 24.6 Å². The molecule has 0 saturated carbocycles. The van der Waals surface area contributed by atoms with Gasteiger partial charge in [-0.05, 0) is 42.0 Å². The maximum Gasteiger partial charge on any atom is 0.416 e. The van der Waals surface area contributed by atoms with E-state index in [-0.39, 0.29) is 11.0 Å². The van der Waals surface area contributed by atoms with E-state index in [9.17, 15) is 18.0 Å². The number of carbonyl (C=O) groups is 1. The second kappa shape index (κ2) is 10.3. The van der Waals surface area contributed by atoms with Crippen molar-refractivity contribution in [3.05, 3.63) is 94.7 Å². The molecule has 0 amide bonds. The maximum absolute atomic E-state index is 12.8. The molecule has 3 aromatic rings. The molecule has 0 bridgehead atoms. The summed E-state index contributed by atoms with van der Waals surface area (Å²) in [5, 5.41) is 3.64. The van der Waals surface area contributed by atoms with Crippen LogP contribution in [-0.2, 0) is 11.6 Å². The lowest BCUT2D eigenvalue weighted by molar-refractivity contribution is -0.137. The molecule has 0 aliphatic rings. The Kier molecular flexibility index (Phi) is 7.71. The summed E-state index contributed by atoms with van der Waals surface area (Å²) >= 11 is 1.28. The predicted molar refractivity (Wildman–Crippen MR) is 130 cm³/mol. The van der Waals surface area contributed by atoms with Gasteiger partial charge in [0.15, 0.2) is 5.78 Å². The number of carbonyl (C=O) groups excluding carboxylic acids is 1. The van der Waals surface area contributed by atoms with Crippen LogP contribution in [0.3, 0.4) is 0 Å². The van der Waals surface area contributed by atoms with E-state index in [0.29, 0.717) is 22.3 Å². The standard InChI is InChI=1S/C26H25F3N2O2S/c1-25(2,3)19-8-5-6-10-22(19)33-24-20(9-7-15-30-24)31-23(34-4)16-21(32)17-11-13-18(14-12-17)26(27,28)29/h5-16,31H,1-4H3. The van der Waals surface area contributed by atoms with Crippen molar-refractivity contribution in [1.82, 2.24) is 4.98 Å². The minimum absolute atomic E-state index is 0.141. The van der Waals surface area contributed by atoms with E-state index >= 15 is 0 Å². The number of para-hydroxylation sites is 1. The second-order valence-corrected chi connectivity index (χ2v) is 9.33. The topological polar surface area (TPSA) is 51.2 Å². The van der Waals surface area contributed by atoms with Crippen LogP contribution in [0.15, 0.2) is 78.0 Å². The lowest BCUT2D eigenvalue weighted by Crippen LogP contribution is -2.12. The van der Waals surface area contributed by atoms with Crippen molar-refractivity contribution >= 4 is 23.2 Å². The summed E-state index contributed by atoms with van der Waals surface area (Å²) in [6, 6.07) is 15.3. The summed E-state index contributed by atoms with van der Waals surface area (Å²) in [4.78, 5) is 17.0. The van der Waals surface area contributed by atoms with Gasteiger partial charge < -0.3 is 10.1 Å². The van der Waals surface area contributed by atoms with Crippen LogP contribution in [0.4, 0.5) is 18.9 Å². The number of ketones is 1. The monoisotopic (exact) mass is 486 g/mol. The summed E-state index contributed by atoms with van der Waals surface area (Å²) in [6.07, 6.45) is 0.277. The van der Waals surface area contributed by atoms with Crippen molar-refractivity contribution < 1.29 is 22.7 Å². The van der Waals surface area contributed by atoms with Crippen LogP contribution in [0.2, 0.25) is 0 Å². The fraction of sp³-hybridized carbons (Fsp3) is 0.231. The number of alkyl halides is 3. The van der Waals surface area contributed by atoms with Crippen molar-refractivity contribution in [2.24, 2.45) is 0 Å². The van der Waals surface area contributed by atoms with Crippen LogP contribution in [0.1, 0.15) is 42.3 Å². The number of pyridine rings is 1. The fourth-order valence-electron chi connectivity index (χ4n) is 3.15. The lowest BCUT2D eigenvalue weighted by atomic mass is 9.86. The number of rotatable bonds is 7. The molecule has 8 heteroatoms. The highest BCUT2D eigenvalue weighted by atomic mass is 32.2. The summed E-state index contributed by atoms with van der Waals surface area (Å²) in [6.45, 7) is 6.27. The smallest absolute Gasteiger partial charge is 0.416 e. The van der Waals surface area contributed by atoms with Gasteiger partial charge >= 0.3 is 6.18 Å². The molecule has 1 aromatic heterocycles. The van der Waals surface area contributed by atoms with Gasteiger partial charge in [0.1, 0.15) is 11.4 Å². The number of hydrogen-bond donors (Lipinski definition) is 1. The SMILES string of the molecule is CSC(=CC(=O)c1ccc(C(F)(F)F)cc1)Nc1cccnc1Oc1ccccc1C(C)(C)C. The molecule has 0 atom stereocenters. The Morgan fingerprint density at radius 1 is 1.00 bits per heavy atom. The van der Waals surface area contributed by atoms with Crippen LogP contribution in [0.25, 0.3) is 0 Å². The number of aromatic nitrogens is 1. The fourth-order valence-corrected chi connectivity index (χ4v) is 3.59. The Labute approximate surface area is 201 Å². The first-order valence-corrected chi connectivity index (χ1v) is 11.7. The molecule has 3 rings (SSSR count). The summed E-state index contributed by atoms with van der Waals surface area (Å²) in [7, 11) is 0. The molecule has 0 spiro atoms. The molecule has 1 heterocycles. The second-order valence-electron chi connectivity index (χ2n) is 8.48. The number of anilines is 1. The maximum atomic E-state index is 12.8. The number of ether oxygens (including phenoxy) is 1. The number of nitrogens with zero attached hydrogens (tertiary/aromatic N) is 1. The van der Waals surface area contributed by atoms with Gasteiger partial charge in [0, 0.05) is 23.4 Å². The van der Waals surface area contributed by atoms with E-state index in [1.165, 1.54) is 30.0 Å². The first kappa shape index (κ1) is 25.4. The Bertz CT molecular complexity index is 1180. The molecule has 0 radical (unpaired) electrons. The highest BCUT2D eigenvalue weighted by molar-refractivity contribution is 8.02. The highest BCUT2D eigenvalue weighted by Gasteiger charge is 2.30. The zero-order chi connectivity index (χ0) is 24.9. The van der Waals surface area contributed by atoms with Crippen molar-refractivity contribution in [3.63, 3.8) is 0 Å². The molecule has 0 fully saturated rings. The predicted octanol–water partition coefficient (Wildman–Crippen LogP) is 7.69. The molecule has 1 N–H and O–H groups in total. The zero-order valence-corrected chi connectivity index (χ0v) is 20.1. The van der Waals surface area contributed by atoms with Gasteiger partial charge in [0.2, 0.25) is 5.88 Å². The van der Waals surface area contributed by atoms with Gasteiger partial charge in [0.25, 0.3) is 0 Å². The molecule has 178 valence electrons. The Morgan fingerprint density at radius 3 is 2.29 bits per heavy atom. The number of halogens is 3. The Hall–Kier alpha value is -3.26. The van der Waals surface area contributed by atoms with Crippen LogP contribution in [0, 0.1) is 0 Å². The molecule has 0 aliphatic carbocycles. The quantitative estimate of drug-likeness (QED) is 0.274. The third kappa shape index (κ3) is 6.41. The number of benzene rings is 2. The Morgan fingerprint density at radius 2 is 1.68 bits per heavy atom.